The van der Waals surface area contributed by atoms with Crippen molar-refractivity contribution in [2.45, 2.75) is 19.0 Å². The number of carbonyl (C=O) groups excluding carboxylic acids is 1. The number of likely N-dealkylation sites (N-methyl/N-ethyl adjacent to an activating group) is 2. The molecule has 2 N–H and O–H groups in total. The molecule has 16 heavy (non-hydrogen) atoms. The second kappa shape index (κ2) is 5.27. The van der Waals surface area contributed by atoms with Crippen LogP contribution in [0.25, 0.3) is 0 Å². The SMILES string of the molecule is CNC1COCC1C(=O)N(C)C(C)C(=O)O. The van der Waals surface area contributed by atoms with Crippen molar-refractivity contribution in [2.24, 2.45) is 5.92 Å². The first kappa shape index (κ1) is 12.9. The number of ether oxygens (including phenoxy) is 1. The number of rotatable bonds is 4. The number of hydrogen-bond acceptors (Lipinski definition) is 4. The minimum Gasteiger partial charge on any atom is -0.480 e. The van der Waals surface area contributed by atoms with Crippen molar-refractivity contribution in [1.82, 2.24) is 10.2 Å². The molecule has 1 aliphatic rings. The van der Waals surface area contributed by atoms with Crippen LogP contribution in [-0.2, 0) is 14.3 Å². The monoisotopic (exact) mass is 230 g/mol. The van der Waals surface area contributed by atoms with Gasteiger partial charge >= 0.3 is 5.97 Å². The van der Waals surface area contributed by atoms with Gasteiger partial charge in [0.05, 0.1) is 19.1 Å². The number of carboxylic acid groups (broad SMARTS) is 1. The van der Waals surface area contributed by atoms with Crippen LogP contribution in [-0.4, -0.2) is 61.3 Å². The zero-order valence-electron chi connectivity index (χ0n) is 9.77. The van der Waals surface area contributed by atoms with Crippen molar-refractivity contribution in [2.75, 3.05) is 27.3 Å². The van der Waals surface area contributed by atoms with Crippen molar-refractivity contribution in [3.05, 3.63) is 0 Å². The Morgan fingerprint density at radius 3 is 2.62 bits per heavy atom. The predicted molar refractivity (Wildman–Crippen MR) is 57.0 cm³/mol. The summed E-state index contributed by atoms with van der Waals surface area (Å²) in [6, 6.07) is -0.846. The third-order valence-corrected chi connectivity index (χ3v) is 3.05. The van der Waals surface area contributed by atoms with Gasteiger partial charge in [-0.15, -0.1) is 0 Å². The highest BCUT2D eigenvalue weighted by atomic mass is 16.5. The van der Waals surface area contributed by atoms with Crippen LogP contribution in [0.4, 0.5) is 0 Å². The van der Waals surface area contributed by atoms with Crippen LogP contribution in [0.1, 0.15) is 6.92 Å². The van der Waals surface area contributed by atoms with Crippen molar-refractivity contribution in [3.63, 3.8) is 0 Å². The summed E-state index contributed by atoms with van der Waals surface area (Å²) in [5.74, 6) is -1.49. The molecule has 0 bridgehead atoms. The lowest BCUT2D eigenvalue weighted by Gasteiger charge is -2.26. The minimum atomic E-state index is -1.00. The molecule has 1 saturated heterocycles. The zero-order valence-corrected chi connectivity index (χ0v) is 9.77. The van der Waals surface area contributed by atoms with Gasteiger partial charge in [-0.3, -0.25) is 4.79 Å². The van der Waals surface area contributed by atoms with E-state index in [9.17, 15) is 9.59 Å². The van der Waals surface area contributed by atoms with Gasteiger partial charge in [-0.1, -0.05) is 0 Å². The third-order valence-electron chi connectivity index (χ3n) is 3.05. The predicted octanol–water partition coefficient (Wildman–Crippen LogP) is -0.848. The first-order valence-corrected chi connectivity index (χ1v) is 5.23. The second-order valence-corrected chi connectivity index (χ2v) is 4.00. The van der Waals surface area contributed by atoms with Crippen molar-refractivity contribution < 1.29 is 19.4 Å². The fraction of sp³-hybridized carbons (Fsp3) is 0.800. The largest absolute Gasteiger partial charge is 0.480 e. The van der Waals surface area contributed by atoms with Gasteiger partial charge in [-0.25, -0.2) is 4.79 Å². The average molecular weight is 230 g/mol. The highest BCUT2D eigenvalue weighted by Crippen LogP contribution is 2.17. The topological polar surface area (TPSA) is 78.9 Å². The number of nitrogens with one attached hydrogen (secondary N) is 1. The van der Waals surface area contributed by atoms with Crippen LogP contribution >= 0.6 is 0 Å². The van der Waals surface area contributed by atoms with Crippen molar-refractivity contribution in [1.29, 1.82) is 0 Å². The summed E-state index contributed by atoms with van der Waals surface area (Å²) in [6.07, 6.45) is 0. The summed E-state index contributed by atoms with van der Waals surface area (Å²) < 4.78 is 5.21. The maximum atomic E-state index is 12.0. The first-order valence-electron chi connectivity index (χ1n) is 5.23. The summed E-state index contributed by atoms with van der Waals surface area (Å²) in [4.78, 5) is 24.0. The lowest BCUT2D eigenvalue weighted by atomic mass is 10.0. The Kier molecular flexibility index (Phi) is 4.26. The molecule has 1 amide bonds. The van der Waals surface area contributed by atoms with Crippen LogP contribution in [0, 0.1) is 5.92 Å². The van der Waals surface area contributed by atoms with E-state index >= 15 is 0 Å². The highest BCUT2D eigenvalue weighted by Gasteiger charge is 2.36. The van der Waals surface area contributed by atoms with Gasteiger partial charge in [0.15, 0.2) is 0 Å². The Hall–Kier alpha value is -1.14. The molecule has 6 heteroatoms. The summed E-state index contributed by atoms with van der Waals surface area (Å²) in [6.45, 7) is 2.33. The lowest BCUT2D eigenvalue weighted by molar-refractivity contribution is -0.150. The Labute approximate surface area is 94.6 Å². The molecule has 1 aliphatic heterocycles. The van der Waals surface area contributed by atoms with Crippen LogP contribution in [0.5, 0.6) is 0 Å². The Morgan fingerprint density at radius 2 is 2.12 bits per heavy atom. The molecule has 1 fully saturated rings. The maximum absolute atomic E-state index is 12.0. The van der Waals surface area contributed by atoms with Gasteiger partial charge in [0.1, 0.15) is 6.04 Å². The van der Waals surface area contributed by atoms with Gasteiger partial charge < -0.3 is 20.1 Å². The van der Waals surface area contributed by atoms with Gasteiger partial charge in [-0.2, -0.15) is 0 Å². The van der Waals surface area contributed by atoms with E-state index in [2.05, 4.69) is 5.32 Å². The van der Waals surface area contributed by atoms with E-state index in [4.69, 9.17) is 9.84 Å². The molecular formula is C10H18N2O4. The number of nitrogens with zero attached hydrogens (tertiary/aromatic N) is 1. The lowest BCUT2D eigenvalue weighted by Crippen LogP contribution is -2.48. The van der Waals surface area contributed by atoms with Gasteiger partial charge in [-0.05, 0) is 14.0 Å². The van der Waals surface area contributed by atoms with Gasteiger partial charge in [0.25, 0.3) is 0 Å². The standard InChI is InChI=1S/C10H18N2O4/c1-6(10(14)15)12(3)9(13)7-4-16-5-8(7)11-2/h6-8,11H,4-5H2,1-3H3,(H,14,15). The van der Waals surface area contributed by atoms with Crippen LogP contribution < -0.4 is 5.32 Å². The number of carbonyl (C=O) groups is 2. The van der Waals surface area contributed by atoms with Crippen molar-refractivity contribution >= 4 is 11.9 Å². The summed E-state index contributed by atoms with van der Waals surface area (Å²) in [5.41, 5.74) is 0. The average Bonchev–Trinajstić information content (AvgIpc) is 2.73. The molecule has 0 saturated carbocycles. The third kappa shape index (κ3) is 2.51. The molecule has 1 rings (SSSR count). The van der Waals surface area contributed by atoms with E-state index in [0.717, 1.165) is 0 Å². The molecule has 92 valence electrons. The Balaban J connectivity index is 2.66. The minimum absolute atomic E-state index is 0.0315. The molecule has 3 unspecified atom stereocenters. The first-order chi connectivity index (χ1) is 7.49. The summed E-state index contributed by atoms with van der Waals surface area (Å²) >= 11 is 0. The molecule has 3 atom stereocenters. The number of carboxylic acids is 1. The van der Waals surface area contributed by atoms with E-state index in [1.165, 1.54) is 18.9 Å². The smallest absolute Gasteiger partial charge is 0.326 e. The van der Waals surface area contributed by atoms with Gasteiger partial charge in [0, 0.05) is 13.1 Å². The highest BCUT2D eigenvalue weighted by molar-refractivity contribution is 5.85. The molecule has 6 nitrogen and oxygen atoms in total. The number of hydrogen-bond donors (Lipinski definition) is 2. The normalized spacial score (nSPS) is 26.4. The maximum Gasteiger partial charge on any atom is 0.326 e. The molecule has 0 aromatic carbocycles. The van der Waals surface area contributed by atoms with Crippen molar-refractivity contribution in [3.8, 4) is 0 Å². The van der Waals surface area contributed by atoms with E-state index in [1.54, 1.807) is 7.05 Å². The van der Waals surface area contributed by atoms with E-state index in [1.807, 2.05) is 0 Å². The summed E-state index contributed by atoms with van der Waals surface area (Å²) in [5, 5.41) is 11.8. The molecule has 0 aliphatic carbocycles. The molecule has 1 heterocycles. The quantitative estimate of drug-likeness (QED) is 0.658. The molecular weight excluding hydrogens is 212 g/mol. The van der Waals surface area contributed by atoms with E-state index in [-0.39, 0.29) is 17.9 Å². The van der Waals surface area contributed by atoms with Crippen LogP contribution in [0.2, 0.25) is 0 Å². The van der Waals surface area contributed by atoms with E-state index in [0.29, 0.717) is 13.2 Å². The Bertz CT molecular complexity index is 282. The fourth-order valence-electron chi connectivity index (χ4n) is 1.70. The molecule has 0 spiro atoms. The molecule has 0 aromatic rings. The number of aliphatic carboxylic acids is 1. The van der Waals surface area contributed by atoms with E-state index < -0.39 is 12.0 Å². The summed E-state index contributed by atoms with van der Waals surface area (Å²) in [7, 11) is 3.27. The van der Waals surface area contributed by atoms with Gasteiger partial charge in [0.2, 0.25) is 5.91 Å². The van der Waals surface area contributed by atoms with Crippen LogP contribution in [0.3, 0.4) is 0 Å². The van der Waals surface area contributed by atoms with Crippen LogP contribution in [0.15, 0.2) is 0 Å². The molecule has 0 aromatic heterocycles. The fourth-order valence-corrected chi connectivity index (χ4v) is 1.70. The second-order valence-electron chi connectivity index (χ2n) is 4.00. The zero-order chi connectivity index (χ0) is 12.3. The Morgan fingerprint density at radius 1 is 1.50 bits per heavy atom. The molecule has 0 radical (unpaired) electrons. The number of amides is 1.